The van der Waals surface area contributed by atoms with Crippen LogP contribution in [-0.2, 0) is 9.53 Å². The maximum Gasteiger partial charge on any atom is 0.309 e. The average molecular weight is 363 g/mol. The van der Waals surface area contributed by atoms with Crippen LogP contribution in [0.3, 0.4) is 0 Å². The lowest BCUT2D eigenvalue weighted by molar-refractivity contribution is -0.148. The van der Waals surface area contributed by atoms with Crippen molar-refractivity contribution in [3.05, 3.63) is 29.8 Å². The molecule has 1 fully saturated rings. The number of hydrogen-bond donors (Lipinski definition) is 0. The van der Waals surface area contributed by atoms with Crippen LogP contribution in [0.1, 0.15) is 58.9 Å². The van der Waals surface area contributed by atoms with E-state index in [4.69, 9.17) is 9.16 Å². The molecular formula is C21H34O3Si. The van der Waals surface area contributed by atoms with E-state index in [1.807, 2.05) is 19.9 Å². The minimum absolute atomic E-state index is 0.0879. The molecule has 2 atom stereocenters. The zero-order valence-corrected chi connectivity index (χ0v) is 17.9. The molecule has 25 heavy (non-hydrogen) atoms. The van der Waals surface area contributed by atoms with E-state index < -0.39 is 8.32 Å². The Morgan fingerprint density at radius 3 is 2.44 bits per heavy atom. The molecule has 0 aliphatic heterocycles. The first-order valence-corrected chi connectivity index (χ1v) is 12.4. The molecule has 0 radical (unpaired) electrons. The summed E-state index contributed by atoms with van der Waals surface area (Å²) in [6.07, 6.45) is 2.39. The van der Waals surface area contributed by atoms with Crippen LogP contribution < -0.4 is 4.43 Å². The van der Waals surface area contributed by atoms with Gasteiger partial charge in [-0.3, -0.25) is 4.79 Å². The van der Waals surface area contributed by atoms with E-state index in [9.17, 15) is 4.79 Å². The minimum atomic E-state index is -1.87. The predicted octanol–water partition coefficient (Wildman–Crippen LogP) is 5.76. The molecule has 1 aliphatic rings. The molecule has 0 amide bonds. The molecule has 1 aliphatic carbocycles. The van der Waals surface area contributed by atoms with Gasteiger partial charge in [-0.05, 0) is 67.4 Å². The van der Waals surface area contributed by atoms with E-state index in [1.165, 1.54) is 18.4 Å². The SMILES string of the molecule is CCOC(=O)C(C)C(c1cccc(O[Si](C)(C)C(C)(C)C)c1)C1CC1. The van der Waals surface area contributed by atoms with Crippen LogP contribution >= 0.6 is 0 Å². The topological polar surface area (TPSA) is 35.5 Å². The normalized spacial score (nSPS) is 17.7. The summed E-state index contributed by atoms with van der Waals surface area (Å²) in [5.74, 6) is 1.54. The summed E-state index contributed by atoms with van der Waals surface area (Å²) in [6.45, 7) is 15.6. The Kier molecular flexibility index (Phi) is 6.03. The molecule has 0 heterocycles. The summed E-state index contributed by atoms with van der Waals surface area (Å²) in [6, 6.07) is 8.39. The third-order valence-corrected chi connectivity index (χ3v) is 10.1. The van der Waals surface area contributed by atoms with Crippen LogP contribution in [0.2, 0.25) is 18.1 Å². The van der Waals surface area contributed by atoms with E-state index in [1.54, 1.807) is 0 Å². The average Bonchev–Trinajstić information content (AvgIpc) is 3.31. The maximum atomic E-state index is 12.3. The van der Waals surface area contributed by atoms with Crippen molar-refractivity contribution in [3.63, 3.8) is 0 Å². The Bertz CT molecular complexity index is 599. The van der Waals surface area contributed by atoms with Gasteiger partial charge < -0.3 is 9.16 Å². The number of carbonyl (C=O) groups excluding carboxylic acids is 1. The predicted molar refractivity (Wildman–Crippen MR) is 106 cm³/mol. The van der Waals surface area contributed by atoms with Gasteiger partial charge >= 0.3 is 5.97 Å². The van der Waals surface area contributed by atoms with Gasteiger partial charge in [0.15, 0.2) is 0 Å². The highest BCUT2D eigenvalue weighted by Gasteiger charge is 2.41. The second kappa shape index (κ2) is 7.53. The second-order valence-electron chi connectivity index (χ2n) is 8.84. The molecule has 1 aromatic carbocycles. The van der Waals surface area contributed by atoms with E-state index in [2.05, 4.69) is 52.1 Å². The Morgan fingerprint density at radius 2 is 1.92 bits per heavy atom. The van der Waals surface area contributed by atoms with E-state index in [0.717, 1.165) is 5.75 Å². The maximum absolute atomic E-state index is 12.3. The third-order valence-electron chi connectivity index (χ3n) is 5.75. The summed E-state index contributed by atoms with van der Waals surface area (Å²) in [4.78, 5) is 12.3. The van der Waals surface area contributed by atoms with Crippen LogP contribution in [0.4, 0.5) is 0 Å². The number of rotatable bonds is 7. The van der Waals surface area contributed by atoms with Crippen LogP contribution in [0.5, 0.6) is 5.75 Å². The highest BCUT2D eigenvalue weighted by molar-refractivity contribution is 6.74. The number of hydrogen-bond acceptors (Lipinski definition) is 3. The van der Waals surface area contributed by atoms with Crippen molar-refractivity contribution in [2.24, 2.45) is 11.8 Å². The summed E-state index contributed by atoms with van der Waals surface area (Å²) >= 11 is 0. The number of carbonyl (C=O) groups is 1. The fraction of sp³-hybridized carbons (Fsp3) is 0.667. The van der Waals surface area contributed by atoms with E-state index in [-0.39, 0.29) is 22.8 Å². The molecule has 0 saturated heterocycles. The van der Waals surface area contributed by atoms with Gasteiger partial charge in [-0.25, -0.2) is 0 Å². The zero-order valence-electron chi connectivity index (χ0n) is 16.9. The third kappa shape index (κ3) is 4.87. The molecule has 2 rings (SSSR count). The fourth-order valence-corrected chi connectivity index (χ4v) is 4.10. The molecule has 0 aromatic heterocycles. The Balaban J connectivity index is 2.24. The fourth-order valence-electron chi connectivity index (χ4n) is 3.08. The highest BCUT2D eigenvalue weighted by atomic mass is 28.4. The van der Waals surface area contributed by atoms with Crippen LogP contribution in [0, 0.1) is 11.8 Å². The number of benzene rings is 1. The molecule has 2 unspecified atom stereocenters. The Morgan fingerprint density at radius 1 is 1.28 bits per heavy atom. The first-order chi connectivity index (χ1) is 11.6. The molecule has 1 aromatic rings. The van der Waals surface area contributed by atoms with Gasteiger partial charge in [0.2, 0.25) is 8.32 Å². The molecule has 3 nitrogen and oxygen atoms in total. The molecule has 0 bridgehead atoms. The van der Waals surface area contributed by atoms with Crippen molar-refractivity contribution < 1.29 is 14.0 Å². The lowest BCUT2D eigenvalue weighted by Crippen LogP contribution is -2.43. The lowest BCUT2D eigenvalue weighted by atomic mass is 9.83. The molecule has 140 valence electrons. The smallest absolute Gasteiger partial charge is 0.309 e. The Labute approximate surface area is 154 Å². The summed E-state index contributed by atoms with van der Waals surface area (Å²) < 4.78 is 11.7. The van der Waals surface area contributed by atoms with Crippen LogP contribution in [0.15, 0.2) is 24.3 Å². The first-order valence-electron chi connectivity index (χ1n) is 9.52. The molecule has 4 heteroatoms. The van der Waals surface area contributed by atoms with Gasteiger partial charge in [-0.2, -0.15) is 0 Å². The van der Waals surface area contributed by atoms with Gasteiger partial charge in [-0.1, -0.05) is 39.8 Å². The van der Waals surface area contributed by atoms with Crippen molar-refractivity contribution >= 4 is 14.3 Å². The molecular weight excluding hydrogens is 328 g/mol. The van der Waals surface area contributed by atoms with E-state index >= 15 is 0 Å². The summed E-state index contributed by atoms with van der Waals surface area (Å²) in [7, 11) is -1.87. The number of ether oxygens (including phenoxy) is 1. The van der Waals surface area contributed by atoms with Crippen molar-refractivity contribution in [2.75, 3.05) is 6.61 Å². The largest absolute Gasteiger partial charge is 0.543 e. The minimum Gasteiger partial charge on any atom is -0.543 e. The lowest BCUT2D eigenvalue weighted by Gasteiger charge is -2.36. The monoisotopic (exact) mass is 362 g/mol. The molecule has 0 N–H and O–H groups in total. The van der Waals surface area contributed by atoms with Gasteiger partial charge in [-0.15, -0.1) is 0 Å². The second-order valence-corrected chi connectivity index (χ2v) is 13.6. The van der Waals surface area contributed by atoms with Crippen molar-refractivity contribution in [2.45, 2.75) is 71.5 Å². The standard InChI is InChI=1S/C21H34O3Si/c1-8-23-20(22)15(2)19(16-12-13-16)17-10-9-11-18(14-17)24-25(6,7)21(3,4)5/h9-11,14-16,19H,8,12-13H2,1-7H3. The van der Waals surface area contributed by atoms with Gasteiger partial charge in [0.05, 0.1) is 12.5 Å². The molecule has 0 spiro atoms. The van der Waals surface area contributed by atoms with Gasteiger partial charge in [0.25, 0.3) is 0 Å². The highest BCUT2D eigenvalue weighted by Crippen LogP contribution is 2.47. The van der Waals surface area contributed by atoms with Gasteiger partial charge in [0, 0.05) is 0 Å². The number of esters is 1. The Hall–Kier alpha value is -1.29. The summed E-state index contributed by atoms with van der Waals surface area (Å²) in [5, 5.41) is 0.164. The van der Waals surface area contributed by atoms with Crippen molar-refractivity contribution in [1.29, 1.82) is 0 Å². The first kappa shape index (κ1) is 20.0. The van der Waals surface area contributed by atoms with Crippen LogP contribution in [-0.4, -0.2) is 20.9 Å². The quantitative estimate of drug-likeness (QED) is 0.457. The van der Waals surface area contributed by atoms with Crippen molar-refractivity contribution in [3.8, 4) is 5.75 Å². The van der Waals surface area contributed by atoms with Crippen LogP contribution in [0.25, 0.3) is 0 Å². The molecule has 1 saturated carbocycles. The zero-order chi connectivity index (χ0) is 18.8. The van der Waals surface area contributed by atoms with E-state index in [0.29, 0.717) is 12.5 Å². The van der Waals surface area contributed by atoms with Crippen molar-refractivity contribution in [1.82, 2.24) is 0 Å². The van der Waals surface area contributed by atoms with Gasteiger partial charge in [0.1, 0.15) is 5.75 Å². The summed E-state index contributed by atoms with van der Waals surface area (Å²) in [5.41, 5.74) is 1.21.